The number of carbonyl (C=O) groups excluding carboxylic acids is 2. The van der Waals surface area contributed by atoms with Gasteiger partial charge in [0.05, 0.1) is 6.61 Å². The highest BCUT2D eigenvalue weighted by Gasteiger charge is 2.47. The smallest absolute Gasteiger partial charge is 0.219 e. The third-order valence-corrected chi connectivity index (χ3v) is 6.08. The van der Waals surface area contributed by atoms with Crippen molar-refractivity contribution in [1.29, 1.82) is 0 Å². The van der Waals surface area contributed by atoms with Gasteiger partial charge in [-0.25, -0.2) is 0 Å². The van der Waals surface area contributed by atoms with Gasteiger partial charge in [0.2, 0.25) is 11.8 Å². The third-order valence-electron chi connectivity index (χ3n) is 6.08. The monoisotopic (exact) mass is 387 g/mol. The molecule has 3 rings (SSSR count). The second kappa shape index (κ2) is 8.95. The summed E-state index contributed by atoms with van der Waals surface area (Å²) < 4.78 is 5.96. The first-order valence-electron chi connectivity index (χ1n) is 10.4. The van der Waals surface area contributed by atoms with Gasteiger partial charge in [0.25, 0.3) is 0 Å². The summed E-state index contributed by atoms with van der Waals surface area (Å²) in [5, 5.41) is 3.12. The maximum absolute atomic E-state index is 11.8. The van der Waals surface area contributed by atoms with Gasteiger partial charge in [-0.05, 0) is 31.7 Å². The number of hydrogen-bond donors (Lipinski definition) is 1. The second-order valence-corrected chi connectivity index (χ2v) is 8.17. The van der Waals surface area contributed by atoms with Crippen molar-refractivity contribution in [3.63, 3.8) is 0 Å². The predicted molar refractivity (Wildman–Crippen MR) is 109 cm³/mol. The molecular formula is C22H33N3O3. The second-order valence-electron chi connectivity index (χ2n) is 8.17. The van der Waals surface area contributed by atoms with E-state index < -0.39 is 0 Å². The van der Waals surface area contributed by atoms with Gasteiger partial charge < -0.3 is 15.0 Å². The van der Waals surface area contributed by atoms with Crippen LogP contribution in [0.4, 0.5) is 0 Å². The minimum absolute atomic E-state index is 0.0230. The van der Waals surface area contributed by atoms with Crippen LogP contribution in [0.25, 0.3) is 0 Å². The lowest BCUT2D eigenvalue weighted by atomic mass is 9.83. The molecule has 6 nitrogen and oxygen atoms in total. The summed E-state index contributed by atoms with van der Waals surface area (Å²) in [6.07, 6.45) is 3.81. The van der Waals surface area contributed by atoms with E-state index in [0.29, 0.717) is 6.61 Å². The molecule has 2 fully saturated rings. The number of nitrogens with one attached hydrogen (secondary N) is 1. The van der Waals surface area contributed by atoms with E-state index in [0.717, 1.165) is 57.6 Å². The lowest BCUT2D eigenvalue weighted by Gasteiger charge is -2.45. The molecule has 2 heterocycles. The van der Waals surface area contributed by atoms with Crippen molar-refractivity contribution in [2.45, 2.75) is 64.6 Å². The molecule has 1 aromatic carbocycles. The molecule has 1 aromatic rings. The molecule has 0 aromatic heterocycles. The largest absolute Gasteiger partial charge is 0.493 e. The van der Waals surface area contributed by atoms with Crippen molar-refractivity contribution in [2.75, 3.05) is 26.2 Å². The van der Waals surface area contributed by atoms with Crippen molar-refractivity contribution in [3.8, 4) is 5.75 Å². The molecule has 0 radical (unpaired) electrons. The van der Waals surface area contributed by atoms with Crippen molar-refractivity contribution in [2.24, 2.45) is 0 Å². The van der Waals surface area contributed by atoms with Crippen LogP contribution in [-0.4, -0.2) is 59.4 Å². The molecule has 0 aliphatic carbocycles. The van der Waals surface area contributed by atoms with Crippen LogP contribution in [0.3, 0.4) is 0 Å². The van der Waals surface area contributed by atoms with E-state index in [2.05, 4.69) is 29.3 Å². The fraction of sp³-hybridized carbons (Fsp3) is 0.636. The van der Waals surface area contributed by atoms with E-state index in [1.807, 2.05) is 17.0 Å². The zero-order chi connectivity index (χ0) is 20.1. The summed E-state index contributed by atoms with van der Waals surface area (Å²) in [6.45, 7) is 9.26. The summed E-state index contributed by atoms with van der Waals surface area (Å²) in [5.41, 5.74) is 1.21. The van der Waals surface area contributed by atoms with Crippen LogP contribution in [0.5, 0.6) is 5.75 Å². The Morgan fingerprint density at radius 1 is 1.21 bits per heavy atom. The van der Waals surface area contributed by atoms with Crippen LogP contribution in [-0.2, 0) is 16.1 Å². The number of amides is 2. The van der Waals surface area contributed by atoms with E-state index in [4.69, 9.17) is 4.74 Å². The predicted octanol–water partition coefficient (Wildman–Crippen LogP) is 2.57. The van der Waals surface area contributed by atoms with Crippen LogP contribution < -0.4 is 10.1 Å². The SMILES string of the molecule is CCCOc1ccccc1CN1C[C@H](NC(C)=O)CC12CCN(C(C)=O)CC2. The fourth-order valence-corrected chi connectivity index (χ4v) is 4.68. The van der Waals surface area contributed by atoms with Crippen LogP contribution in [0, 0.1) is 0 Å². The average molecular weight is 388 g/mol. The standard InChI is InChI=1S/C22H33N3O3/c1-4-13-28-21-8-6-5-7-19(21)15-25-16-20(23-17(2)26)14-22(25)9-11-24(12-10-22)18(3)27/h5-8,20H,4,9-16H2,1-3H3,(H,23,26)/t20-/m1/s1. The normalized spacial score (nSPS) is 21.7. The average Bonchev–Trinajstić information content (AvgIpc) is 2.97. The van der Waals surface area contributed by atoms with Crippen molar-refractivity contribution in [3.05, 3.63) is 29.8 Å². The molecule has 1 spiro atoms. The first kappa shape index (κ1) is 20.6. The first-order chi connectivity index (χ1) is 13.4. The van der Waals surface area contributed by atoms with Gasteiger partial charge in [-0.3, -0.25) is 14.5 Å². The molecule has 6 heteroatoms. The van der Waals surface area contributed by atoms with E-state index in [9.17, 15) is 9.59 Å². The quantitative estimate of drug-likeness (QED) is 0.815. The summed E-state index contributed by atoms with van der Waals surface area (Å²) in [4.78, 5) is 27.9. The number of para-hydroxylation sites is 1. The van der Waals surface area contributed by atoms with Crippen LogP contribution in [0.2, 0.25) is 0 Å². The lowest BCUT2D eigenvalue weighted by molar-refractivity contribution is -0.131. The van der Waals surface area contributed by atoms with Crippen LogP contribution in [0.1, 0.15) is 52.0 Å². The molecule has 1 N–H and O–H groups in total. The number of benzene rings is 1. The van der Waals surface area contributed by atoms with Gasteiger partial charge in [0, 0.05) is 57.2 Å². The minimum Gasteiger partial charge on any atom is -0.493 e. The highest BCUT2D eigenvalue weighted by Crippen LogP contribution is 2.40. The summed E-state index contributed by atoms with van der Waals surface area (Å²) in [5.74, 6) is 1.12. The summed E-state index contributed by atoms with van der Waals surface area (Å²) >= 11 is 0. The highest BCUT2D eigenvalue weighted by molar-refractivity contribution is 5.73. The number of nitrogens with zero attached hydrogens (tertiary/aromatic N) is 2. The maximum atomic E-state index is 11.8. The molecule has 0 unspecified atom stereocenters. The zero-order valence-corrected chi connectivity index (χ0v) is 17.4. The first-order valence-corrected chi connectivity index (χ1v) is 10.4. The Morgan fingerprint density at radius 2 is 1.93 bits per heavy atom. The number of piperidine rings is 1. The third kappa shape index (κ3) is 4.66. The van der Waals surface area contributed by atoms with Crippen molar-refractivity contribution >= 4 is 11.8 Å². The number of hydrogen-bond acceptors (Lipinski definition) is 4. The molecule has 1 atom stereocenters. The Hall–Kier alpha value is -2.08. The molecular weight excluding hydrogens is 354 g/mol. The summed E-state index contributed by atoms with van der Waals surface area (Å²) in [6, 6.07) is 8.40. The van der Waals surface area contributed by atoms with E-state index >= 15 is 0 Å². The Bertz CT molecular complexity index is 698. The Balaban J connectivity index is 1.79. The number of rotatable bonds is 6. The van der Waals surface area contributed by atoms with Gasteiger partial charge in [0.1, 0.15) is 5.75 Å². The Labute approximate surface area is 168 Å². The lowest BCUT2D eigenvalue weighted by Crippen LogP contribution is -2.52. The molecule has 2 aliphatic rings. The van der Waals surface area contributed by atoms with Crippen molar-refractivity contribution in [1.82, 2.24) is 15.1 Å². The molecule has 28 heavy (non-hydrogen) atoms. The minimum atomic E-state index is 0.0230. The van der Waals surface area contributed by atoms with Crippen molar-refractivity contribution < 1.29 is 14.3 Å². The zero-order valence-electron chi connectivity index (χ0n) is 17.4. The molecule has 2 aliphatic heterocycles. The fourth-order valence-electron chi connectivity index (χ4n) is 4.68. The maximum Gasteiger partial charge on any atom is 0.219 e. The Kier molecular flexibility index (Phi) is 6.60. The van der Waals surface area contributed by atoms with Gasteiger partial charge >= 0.3 is 0 Å². The van der Waals surface area contributed by atoms with Gasteiger partial charge in [-0.15, -0.1) is 0 Å². The van der Waals surface area contributed by atoms with Gasteiger partial charge in [-0.1, -0.05) is 25.1 Å². The van der Waals surface area contributed by atoms with Crippen LogP contribution in [0.15, 0.2) is 24.3 Å². The molecule has 2 saturated heterocycles. The number of carbonyl (C=O) groups is 2. The topological polar surface area (TPSA) is 61.9 Å². The summed E-state index contributed by atoms with van der Waals surface area (Å²) in [7, 11) is 0. The number of ether oxygens (including phenoxy) is 1. The molecule has 0 saturated carbocycles. The van der Waals surface area contributed by atoms with E-state index in [1.54, 1.807) is 13.8 Å². The van der Waals surface area contributed by atoms with E-state index in [1.165, 1.54) is 5.56 Å². The molecule has 154 valence electrons. The molecule has 2 amide bonds. The van der Waals surface area contributed by atoms with Gasteiger partial charge in [0.15, 0.2) is 0 Å². The Morgan fingerprint density at radius 3 is 2.57 bits per heavy atom. The highest BCUT2D eigenvalue weighted by atomic mass is 16.5. The van der Waals surface area contributed by atoms with Crippen LogP contribution >= 0.6 is 0 Å². The van der Waals surface area contributed by atoms with Gasteiger partial charge in [-0.2, -0.15) is 0 Å². The van der Waals surface area contributed by atoms with E-state index in [-0.39, 0.29) is 23.4 Å². The molecule has 0 bridgehead atoms. The number of likely N-dealkylation sites (tertiary alicyclic amines) is 2.